The third-order valence-electron chi connectivity index (χ3n) is 3.75. The van der Waals surface area contributed by atoms with Gasteiger partial charge >= 0.3 is 0 Å². The molecule has 1 aromatic heterocycles. The van der Waals surface area contributed by atoms with E-state index in [0.29, 0.717) is 33.8 Å². The monoisotopic (exact) mass is 311 g/mol. The number of carbonyl (C=O) groups is 1. The van der Waals surface area contributed by atoms with E-state index in [9.17, 15) is 20.0 Å². The van der Waals surface area contributed by atoms with E-state index in [0.717, 1.165) is 0 Å². The van der Waals surface area contributed by atoms with Crippen molar-refractivity contribution in [1.82, 2.24) is 4.98 Å². The molecule has 7 heteroatoms. The molecule has 0 aliphatic carbocycles. The fourth-order valence-corrected chi connectivity index (χ4v) is 2.55. The summed E-state index contributed by atoms with van der Waals surface area (Å²) >= 11 is 0. The Kier molecular flexibility index (Phi) is 3.33. The van der Waals surface area contributed by atoms with Crippen LogP contribution in [0.15, 0.2) is 24.3 Å². The molecule has 0 saturated heterocycles. The summed E-state index contributed by atoms with van der Waals surface area (Å²) in [5.74, 6) is 0.143. The van der Waals surface area contributed by atoms with Crippen LogP contribution in [-0.4, -0.2) is 20.9 Å². The van der Waals surface area contributed by atoms with E-state index in [-0.39, 0.29) is 17.3 Å². The molecule has 1 aromatic carbocycles. The lowest BCUT2D eigenvalue weighted by atomic mass is 10.00. The number of amides is 1. The number of aromatic hydroxyl groups is 1. The lowest BCUT2D eigenvalue weighted by Crippen LogP contribution is -2.04. The summed E-state index contributed by atoms with van der Waals surface area (Å²) in [4.78, 5) is 26.6. The molecule has 0 saturated carbocycles. The minimum Gasteiger partial charge on any atom is -0.506 e. The summed E-state index contributed by atoms with van der Waals surface area (Å²) in [5.41, 5.74) is 2.56. The highest BCUT2D eigenvalue weighted by atomic mass is 16.6. The molecule has 0 bridgehead atoms. The molecule has 2 N–H and O–H groups in total. The van der Waals surface area contributed by atoms with Crippen LogP contribution >= 0.6 is 0 Å². The molecule has 116 valence electrons. The van der Waals surface area contributed by atoms with Gasteiger partial charge in [-0.2, -0.15) is 0 Å². The number of aryl methyl sites for hydroxylation is 1. The molecular weight excluding hydrogens is 298 g/mol. The first-order valence-electron chi connectivity index (χ1n) is 6.86. The van der Waals surface area contributed by atoms with Gasteiger partial charge in [0.05, 0.1) is 16.2 Å². The van der Waals surface area contributed by atoms with Gasteiger partial charge in [-0.1, -0.05) is 0 Å². The van der Waals surface area contributed by atoms with Gasteiger partial charge in [-0.3, -0.25) is 14.9 Å². The molecular formula is C16H13N3O4. The van der Waals surface area contributed by atoms with E-state index in [4.69, 9.17) is 0 Å². The number of nitro benzene ring substituents is 1. The molecule has 1 aliphatic heterocycles. The first-order chi connectivity index (χ1) is 10.9. The minimum absolute atomic E-state index is 0.0189. The highest BCUT2D eigenvalue weighted by molar-refractivity contribution is 6.35. The van der Waals surface area contributed by atoms with Crippen molar-refractivity contribution in [3.8, 4) is 5.75 Å². The number of fused-ring (bicyclic) bond motifs is 1. The first kappa shape index (κ1) is 14.7. The fraction of sp³-hybridized carbons (Fsp3) is 0.125. The maximum Gasteiger partial charge on any atom is 0.269 e. The zero-order valence-corrected chi connectivity index (χ0v) is 12.5. The van der Waals surface area contributed by atoms with Gasteiger partial charge in [0.25, 0.3) is 11.6 Å². The van der Waals surface area contributed by atoms with E-state index in [1.807, 2.05) is 0 Å². The van der Waals surface area contributed by atoms with E-state index in [1.165, 1.54) is 12.1 Å². The number of benzene rings is 1. The van der Waals surface area contributed by atoms with Gasteiger partial charge in [0.15, 0.2) is 0 Å². The van der Waals surface area contributed by atoms with Crippen molar-refractivity contribution in [3.05, 3.63) is 56.8 Å². The van der Waals surface area contributed by atoms with Crippen LogP contribution in [0.5, 0.6) is 5.75 Å². The second-order valence-corrected chi connectivity index (χ2v) is 5.26. The standard InChI is InChI=1S/C16H13N3O4/c1-8-13-12(7-10-3-5-11(6-4-10)19(22)23)16(21)18-15(13)17-9(2)14(8)20/h3-7,20H,1-2H3,(H,17,18,21)/b12-7-. The SMILES string of the molecule is Cc1nc2c(c(C)c1O)/C(=C/c1ccc([N+](=O)[O-])cc1)C(=O)N2. The Morgan fingerprint density at radius 3 is 2.52 bits per heavy atom. The third kappa shape index (κ3) is 2.42. The van der Waals surface area contributed by atoms with Crippen molar-refractivity contribution < 1.29 is 14.8 Å². The van der Waals surface area contributed by atoms with Gasteiger partial charge < -0.3 is 10.4 Å². The van der Waals surface area contributed by atoms with Gasteiger partial charge in [0.2, 0.25) is 0 Å². The highest BCUT2D eigenvalue weighted by Crippen LogP contribution is 2.38. The number of nitrogens with one attached hydrogen (secondary N) is 1. The smallest absolute Gasteiger partial charge is 0.269 e. The van der Waals surface area contributed by atoms with Crippen LogP contribution < -0.4 is 5.32 Å². The van der Waals surface area contributed by atoms with Crippen LogP contribution in [0.1, 0.15) is 22.4 Å². The average Bonchev–Trinajstić information content (AvgIpc) is 2.81. The van der Waals surface area contributed by atoms with Crippen LogP contribution in [0.2, 0.25) is 0 Å². The molecule has 0 unspecified atom stereocenters. The molecule has 1 amide bonds. The lowest BCUT2D eigenvalue weighted by Gasteiger charge is -2.08. The Hall–Kier alpha value is -3.22. The highest BCUT2D eigenvalue weighted by Gasteiger charge is 2.29. The van der Waals surface area contributed by atoms with Crippen molar-refractivity contribution in [2.24, 2.45) is 0 Å². The molecule has 1 aliphatic rings. The normalized spacial score (nSPS) is 14.7. The number of hydrogen-bond acceptors (Lipinski definition) is 5. The molecule has 0 radical (unpaired) electrons. The largest absolute Gasteiger partial charge is 0.506 e. The molecule has 0 fully saturated rings. The Labute approximate surface area is 131 Å². The predicted molar refractivity (Wildman–Crippen MR) is 85.0 cm³/mol. The zero-order valence-electron chi connectivity index (χ0n) is 12.5. The number of pyridine rings is 1. The third-order valence-corrected chi connectivity index (χ3v) is 3.75. The maximum absolute atomic E-state index is 12.2. The predicted octanol–water partition coefficient (Wildman–Crippen LogP) is 2.80. The summed E-state index contributed by atoms with van der Waals surface area (Å²) in [7, 11) is 0. The molecule has 2 aromatic rings. The van der Waals surface area contributed by atoms with Crippen LogP contribution in [0.25, 0.3) is 11.6 Å². The Bertz CT molecular complexity index is 870. The Morgan fingerprint density at radius 1 is 1.26 bits per heavy atom. The number of nitrogens with zero attached hydrogens (tertiary/aromatic N) is 2. The number of carbonyl (C=O) groups excluding carboxylic acids is 1. The minimum atomic E-state index is -0.483. The molecule has 7 nitrogen and oxygen atoms in total. The lowest BCUT2D eigenvalue weighted by molar-refractivity contribution is -0.384. The maximum atomic E-state index is 12.2. The van der Waals surface area contributed by atoms with E-state index < -0.39 is 4.92 Å². The fourth-order valence-electron chi connectivity index (χ4n) is 2.55. The molecule has 3 rings (SSSR count). The van der Waals surface area contributed by atoms with Gasteiger partial charge in [-0.05, 0) is 37.6 Å². The average molecular weight is 311 g/mol. The van der Waals surface area contributed by atoms with Gasteiger partial charge in [0, 0.05) is 23.3 Å². The molecule has 0 atom stereocenters. The molecule has 23 heavy (non-hydrogen) atoms. The van der Waals surface area contributed by atoms with Gasteiger partial charge in [-0.15, -0.1) is 0 Å². The van der Waals surface area contributed by atoms with Crippen LogP contribution in [0.4, 0.5) is 11.5 Å². The number of nitro groups is 1. The number of anilines is 1. The van der Waals surface area contributed by atoms with Crippen molar-refractivity contribution in [2.75, 3.05) is 5.32 Å². The Balaban J connectivity index is 2.10. The summed E-state index contributed by atoms with van der Waals surface area (Å²) in [6, 6.07) is 5.87. The van der Waals surface area contributed by atoms with Gasteiger partial charge in [-0.25, -0.2) is 4.98 Å². The number of aromatic nitrogens is 1. The number of hydrogen-bond donors (Lipinski definition) is 2. The van der Waals surface area contributed by atoms with Crippen LogP contribution in [0, 0.1) is 24.0 Å². The zero-order chi connectivity index (χ0) is 16.7. The first-order valence-corrected chi connectivity index (χ1v) is 6.86. The van der Waals surface area contributed by atoms with Crippen LogP contribution in [-0.2, 0) is 4.79 Å². The topological polar surface area (TPSA) is 105 Å². The summed E-state index contributed by atoms with van der Waals surface area (Å²) in [6.07, 6.45) is 1.62. The second kappa shape index (κ2) is 5.20. The van der Waals surface area contributed by atoms with E-state index in [1.54, 1.807) is 32.1 Å². The van der Waals surface area contributed by atoms with E-state index in [2.05, 4.69) is 10.3 Å². The van der Waals surface area contributed by atoms with Crippen molar-refractivity contribution >= 4 is 29.1 Å². The quantitative estimate of drug-likeness (QED) is 0.504. The summed E-state index contributed by atoms with van der Waals surface area (Å²) in [6.45, 7) is 3.37. The van der Waals surface area contributed by atoms with E-state index >= 15 is 0 Å². The second-order valence-electron chi connectivity index (χ2n) is 5.26. The Morgan fingerprint density at radius 2 is 1.91 bits per heavy atom. The van der Waals surface area contributed by atoms with Crippen molar-refractivity contribution in [2.45, 2.75) is 13.8 Å². The molecule has 0 spiro atoms. The van der Waals surface area contributed by atoms with Crippen molar-refractivity contribution in [1.29, 1.82) is 0 Å². The number of non-ortho nitro benzene ring substituents is 1. The van der Waals surface area contributed by atoms with Gasteiger partial charge in [0.1, 0.15) is 11.6 Å². The number of rotatable bonds is 2. The van der Waals surface area contributed by atoms with Crippen molar-refractivity contribution in [3.63, 3.8) is 0 Å². The van der Waals surface area contributed by atoms with Crippen LogP contribution in [0.3, 0.4) is 0 Å². The summed E-state index contributed by atoms with van der Waals surface area (Å²) < 4.78 is 0. The molecule has 2 heterocycles. The summed E-state index contributed by atoms with van der Waals surface area (Å²) in [5, 5.41) is 23.4.